The summed E-state index contributed by atoms with van der Waals surface area (Å²) < 4.78 is 16.6. The van der Waals surface area contributed by atoms with Crippen molar-refractivity contribution in [1.82, 2.24) is 10.2 Å². The number of aromatic amines is 1. The molecule has 0 spiro atoms. The van der Waals surface area contributed by atoms with Gasteiger partial charge in [-0.1, -0.05) is 56.3 Å². The number of furan rings is 1. The molecule has 0 radical (unpaired) electrons. The van der Waals surface area contributed by atoms with Gasteiger partial charge in [-0.2, -0.15) is 5.26 Å². The van der Waals surface area contributed by atoms with Gasteiger partial charge in [-0.3, -0.25) is 5.10 Å². The van der Waals surface area contributed by atoms with Gasteiger partial charge in [0.05, 0.1) is 23.4 Å². The summed E-state index contributed by atoms with van der Waals surface area (Å²) in [4.78, 5) is 12.7. The number of aromatic nitrogens is 2. The van der Waals surface area contributed by atoms with Crippen LogP contribution in [0.5, 0.6) is 11.6 Å². The summed E-state index contributed by atoms with van der Waals surface area (Å²) >= 11 is 0. The molecule has 0 unspecified atom stereocenters. The lowest BCUT2D eigenvalue weighted by Gasteiger charge is -2.25. The molecule has 180 valence electrons. The van der Waals surface area contributed by atoms with Crippen LogP contribution in [0.3, 0.4) is 0 Å². The SMILES string of the molecule is CC(C)Cc1ccc(-c2[nH]nc3c2[C@@H](c2ccccc2OC(=O)c2ccco2)C(C#N)=C(N)O3)cc1. The lowest BCUT2D eigenvalue weighted by Crippen LogP contribution is -2.21. The Labute approximate surface area is 208 Å². The van der Waals surface area contributed by atoms with Crippen LogP contribution in [0.2, 0.25) is 0 Å². The summed E-state index contributed by atoms with van der Waals surface area (Å²) in [6.07, 6.45) is 2.37. The van der Waals surface area contributed by atoms with Crippen molar-refractivity contribution in [2.45, 2.75) is 26.2 Å². The average Bonchev–Trinajstić information content (AvgIpc) is 3.54. The highest BCUT2D eigenvalue weighted by atomic mass is 16.5. The smallest absolute Gasteiger partial charge is 0.379 e. The Hall–Kier alpha value is -4.77. The van der Waals surface area contributed by atoms with Crippen molar-refractivity contribution in [1.29, 1.82) is 5.26 Å². The van der Waals surface area contributed by atoms with Crippen LogP contribution in [0.15, 0.2) is 82.8 Å². The second-order valence-electron chi connectivity index (χ2n) is 8.94. The molecule has 8 nitrogen and oxygen atoms in total. The van der Waals surface area contributed by atoms with Crippen LogP contribution >= 0.6 is 0 Å². The van der Waals surface area contributed by atoms with E-state index in [9.17, 15) is 10.1 Å². The predicted octanol–water partition coefficient (Wildman–Crippen LogP) is 5.31. The summed E-state index contributed by atoms with van der Waals surface area (Å²) in [6.45, 7) is 4.36. The molecular formula is C28H24N4O4. The van der Waals surface area contributed by atoms with Crippen LogP contribution in [0, 0.1) is 17.2 Å². The summed E-state index contributed by atoms with van der Waals surface area (Å²) in [7, 11) is 0. The number of H-pyrrole nitrogens is 1. The highest BCUT2D eigenvalue weighted by molar-refractivity contribution is 5.88. The number of benzene rings is 2. The van der Waals surface area contributed by atoms with E-state index in [2.05, 4.69) is 42.2 Å². The zero-order valence-corrected chi connectivity index (χ0v) is 19.8. The first-order valence-electron chi connectivity index (χ1n) is 11.6. The number of carbonyl (C=O) groups excluding carboxylic acids is 1. The molecule has 2 aromatic heterocycles. The molecule has 36 heavy (non-hydrogen) atoms. The second-order valence-corrected chi connectivity index (χ2v) is 8.94. The normalized spacial score (nSPS) is 14.8. The van der Waals surface area contributed by atoms with Crippen molar-refractivity contribution < 1.29 is 18.7 Å². The largest absolute Gasteiger partial charge is 0.457 e. The standard InChI is InChI=1S/C28H24N4O4/c1-16(2)14-17-9-11-18(12-10-17)25-24-23(20(15-29)26(30)36-27(24)32-31-25)19-6-3-4-7-21(19)35-28(33)22-8-5-13-34-22/h3-13,16,23H,14,30H2,1-2H3,(H,31,32)/t23-/m0/s1. The fourth-order valence-corrected chi connectivity index (χ4v) is 4.41. The van der Waals surface area contributed by atoms with Crippen molar-refractivity contribution >= 4 is 5.97 Å². The number of nitrogens with two attached hydrogens (primary N) is 1. The molecule has 0 saturated heterocycles. The monoisotopic (exact) mass is 480 g/mol. The van der Waals surface area contributed by atoms with Crippen molar-refractivity contribution in [3.63, 3.8) is 0 Å². The molecule has 2 aromatic carbocycles. The van der Waals surface area contributed by atoms with E-state index in [4.69, 9.17) is 19.6 Å². The zero-order chi connectivity index (χ0) is 25.2. The van der Waals surface area contributed by atoms with Gasteiger partial charge in [-0.15, -0.1) is 5.10 Å². The predicted molar refractivity (Wildman–Crippen MR) is 132 cm³/mol. The number of carbonyl (C=O) groups is 1. The Morgan fingerprint density at radius 1 is 1.17 bits per heavy atom. The molecule has 0 bridgehead atoms. The summed E-state index contributed by atoms with van der Waals surface area (Å²) in [5.74, 6) is -0.223. The number of allylic oxidation sites excluding steroid dienone is 1. The van der Waals surface area contributed by atoms with Crippen LogP contribution in [-0.4, -0.2) is 16.2 Å². The number of hydrogen-bond donors (Lipinski definition) is 2. The second kappa shape index (κ2) is 9.47. The number of esters is 1. The maximum absolute atomic E-state index is 12.7. The number of ether oxygens (including phenoxy) is 2. The van der Waals surface area contributed by atoms with Gasteiger partial charge in [0.1, 0.15) is 17.4 Å². The third-order valence-corrected chi connectivity index (χ3v) is 5.98. The molecule has 3 heterocycles. The molecule has 5 rings (SSSR count). The van der Waals surface area contributed by atoms with Crippen molar-refractivity contribution in [2.75, 3.05) is 0 Å². The molecule has 0 saturated carbocycles. The molecule has 8 heteroatoms. The third kappa shape index (κ3) is 4.23. The van der Waals surface area contributed by atoms with Crippen LogP contribution in [0.25, 0.3) is 11.3 Å². The van der Waals surface area contributed by atoms with Crippen molar-refractivity contribution in [3.05, 3.63) is 101 Å². The van der Waals surface area contributed by atoms with Gasteiger partial charge in [0.25, 0.3) is 0 Å². The van der Waals surface area contributed by atoms with Crippen LogP contribution in [0.1, 0.15) is 47.0 Å². The number of hydrogen-bond acceptors (Lipinski definition) is 7. The fourth-order valence-electron chi connectivity index (χ4n) is 4.41. The molecule has 1 atom stereocenters. The number of nitriles is 1. The van der Waals surface area contributed by atoms with Gasteiger partial charge in [0.15, 0.2) is 0 Å². The van der Waals surface area contributed by atoms with E-state index in [1.165, 1.54) is 17.9 Å². The van der Waals surface area contributed by atoms with Gasteiger partial charge >= 0.3 is 5.97 Å². The summed E-state index contributed by atoms with van der Waals surface area (Å²) in [5, 5.41) is 17.4. The Morgan fingerprint density at radius 2 is 1.94 bits per heavy atom. The van der Waals surface area contributed by atoms with Gasteiger partial charge in [0, 0.05) is 11.1 Å². The van der Waals surface area contributed by atoms with E-state index in [0.717, 1.165) is 12.0 Å². The van der Waals surface area contributed by atoms with Crippen LogP contribution in [0.4, 0.5) is 0 Å². The van der Waals surface area contributed by atoms with E-state index in [1.54, 1.807) is 30.3 Å². The van der Waals surface area contributed by atoms with Crippen molar-refractivity contribution in [2.24, 2.45) is 11.7 Å². The topological polar surface area (TPSA) is 127 Å². The van der Waals surface area contributed by atoms with Crippen molar-refractivity contribution in [3.8, 4) is 29.0 Å². The average molecular weight is 481 g/mol. The van der Waals surface area contributed by atoms with Gasteiger partial charge in [-0.05, 0) is 36.1 Å². The molecule has 0 amide bonds. The lowest BCUT2D eigenvalue weighted by molar-refractivity contribution is 0.0699. The summed E-state index contributed by atoms with van der Waals surface area (Å²) in [6, 6.07) is 20.5. The highest BCUT2D eigenvalue weighted by Gasteiger charge is 2.37. The van der Waals surface area contributed by atoms with Gasteiger partial charge < -0.3 is 19.6 Å². The fraction of sp³-hybridized carbons (Fsp3) is 0.179. The number of rotatable bonds is 6. The molecule has 3 N–H and O–H groups in total. The number of nitrogens with one attached hydrogen (secondary N) is 1. The van der Waals surface area contributed by atoms with Crippen LogP contribution in [-0.2, 0) is 6.42 Å². The maximum atomic E-state index is 12.7. The Kier molecular flexibility index (Phi) is 6.05. The van der Waals surface area contributed by atoms with Crippen LogP contribution < -0.4 is 15.2 Å². The molecule has 1 aliphatic rings. The molecule has 4 aromatic rings. The Balaban J connectivity index is 1.60. The molecule has 0 aliphatic carbocycles. The first-order valence-corrected chi connectivity index (χ1v) is 11.6. The first kappa shape index (κ1) is 23.0. The highest BCUT2D eigenvalue weighted by Crippen LogP contribution is 2.47. The molecule has 1 aliphatic heterocycles. The first-order chi connectivity index (χ1) is 17.5. The number of para-hydroxylation sites is 1. The van der Waals surface area contributed by atoms with E-state index in [0.29, 0.717) is 22.7 Å². The van der Waals surface area contributed by atoms with Gasteiger partial charge in [-0.25, -0.2) is 4.79 Å². The maximum Gasteiger partial charge on any atom is 0.379 e. The van der Waals surface area contributed by atoms with Gasteiger partial charge in [0.2, 0.25) is 17.5 Å². The van der Waals surface area contributed by atoms with E-state index < -0.39 is 11.9 Å². The zero-order valence-electron chi connectivity index (χ0n) is 19.8. The quantitative estimate of drug-likeness (QED) is 0.283. The molecule has 0 fully saturated rings. The minimum Gasteiger partial charge on any atom is -0.457 e. The minimum absolute atomic E-state index is 0.0486. The molecular weight excluding hydrogens is 456 g/mol. The Bertz CT molecular complexity index is 1470. The van der Waals surface area contributed by atoms with E-state index in [-0.39, 0.29) is 28.8 Å². The number of fused-ring (bicyclic) bond motifs is 1. The lowest BCUT2D eigenvalue weighted by atomic mass is 9.82. The minimum atomic E-state index is -0.677. The Morgan fingerprint density at radius 3 is 2.64 bits per heavy atom. The van der Waals surface area contributed by atoms with E-state index >= 15 is 0 Å². The third-order valence-electron chi connectivity index (χ3n) is 5.98. The van der Waals surface area contributed by atoms with E-state index in [1.807, 2.05) is 12.1 Å². The number of nitrogens with zero attached hydrogens (tertiary/aromatic N) is 2. The summed E-state index contributed by atoms with van der Waals surface area (Å²) in [5.41, 5.74) is 10.3.